The molecule has 0 aliphatic heterocycles. The van der Waals surface area contributed by atoms with Crippen molar-refractivity contribution >= 4 is 34.2 Å². The predicted molar refractivity (Wildman–Crippen MR) is 88.2 cm³/mol. The molecule has 1 N–H and O–H groups in total. The quantitative estimate of drug-likeness (QED) is 0.447. The van der Waals surface area contributed by atoms with E-state index in [-0.39, 0.29) is 24.2 Å². The van der Waals surface area contributed by atoms with Gasteiger partial charge in [-0.05, 0) is 52.8 Å². The first kappa shape index (κ1) is 17.3. The summed E-state index contributed by atoms with van der Waals surface area (Å²) in [5.41, 5.74) is 0.421. The summed E-state index contributed by atoms with van der Waals surface area (Å²) in [4.78, 5) is 22.2. The van der Waals surface area contributed by atoms with E-state index in [0.717, 1.165) is 6.07 Å². The van der Waals surface area contributed by atoms with Gasteiger partial charge in [-0.15, -0.1) is 0 Å². The Morgan fingerprint density at radius 2 is 1.83 bits per heavy atom. The van der Waals surface area contributed by atoms with Gasteiger partial charge in [0.25, 0.3) is 11.6 Å². The number of hydrogen-bond donors (Lipinski definition) is 1. The number of amides is 1. The Morgan fingerprint density at radius 1 is 1.17 bits per heavy atom. The van der Waals surface area contributed by atoms with Crippen LogP contribution in [-0.4, -0.2) is 17.4 Å². The zero-order valence-electron chi connectivity index (χ0n) is 11.7. The van der Waals surface area contributed by atoms with E-state index < -0.39 is 22.5 Å². The highest BCUT2D eigenvalue weighted by molar-refractivity contribution is 14.1. The van der Waals surface area contributed by atoms with E-state index >= 15 is 0 Å². The van der Waals surface area contributed by atoms with Gasteiger partial charge in [-0.25, -0.2) is 8.78 Å². The van der Waals surface area contributed by atoms with E-state index in [4.69, 9.17) is 0 Å². The zero-order valence-corrected chi connectivity index (χ0v) is 13.8. The Hall–Kier alpha value is -2.10. The van der Waals surface area contributed by atoms with Gasteiger partial charge >= 0.3 is 0 Å². The number of nitro benzene ring substituents is 1. The summed E-state index contributed by atoms with van der Waals surface area (Å²) in [6.45, 7) is 0.153. The summed E-state index contributed by atoms with van der Waals surface area (Å²) in [5.74, 6) is -1.84. The Morgan fingerprint density at radius 3 is 2.43 bits per heavy atom. The molecule has 0 aliphatic carbocycles. The summed E-state index contributed by atoms with van der Waals surface area (Å²) in [6, 6.07) is 7.13. The molecule has 0 atom stereocenters. The van der Waals surface area contributed by atoms with Crippen LogP contribution in [0.5, 0.6) is 0 Å². The van der Waals surface area contributed by atoms with Crippen molar-refractivity contribution < 1.29 is 18.5 Å². The fraction of sp³-hybridized carbons (Fsp3) is 0.133. The summed E-state index contributed by atoms with van der Waals surface area (Å²) in [6.07, 6.45) is 0.242. The Kier molecular flexibility index (Phi) is 5.59. The normalized spacial score (nSPS) is 10.4. The minimum atomic E-state index is -0.681. The first-order valence-corrected chi connectivity index (χ1v) is 7.62. The summed E-state index contributed by atoms with van der Waals surface area (Å²) in [7, 11) is 0. The third kappa shape index (κ3) is 4.68. The minimum Gasteiger partial charge on any atom is -0.352 e. The number of hydrogen-bond acceptors (Lipinski definition) is 3. The van der Waals surface area contributed by atoms with E-state index in [1.165, 1.54) is 30.3 Å². The SMILES string of the molecule is O=C(NCCc1cc(F)cc(F)c1)c1cc([N+](=O)[O-])ccc1I. The van der Waals surface area contributed by atoms with Crippen LogP contribution in [0.2, 0.25) is 0 Å². The maximum Gasteiger partial charge on any atom is 0.270 e. The average molecular weight is 432 g/mol. The van der Waals surface area contributed by atoms with E-state index in [9.17, 15) is 23.7 Å². The van der Waals surface area contributed by atoms with Crippen LogP contribution >= 0.6 is 22.6 Å². The van der Waals surface area contributed by atoms with Gasteiger partial charge in [-0.2, -0.15) is 0 Å². The molecule has 0 aliphatic rings. The zero-order chi connectivity index (χ0) is 17.0. The van der Waals surface area contributed by atoms with Crippen LogP contribution in [0.15, 0.2) is 36.4 Å². The summed E-state index contributed by atoms with van der Waals surface area (Å²) < 4.78 is 26.7. The maximum atomic E-state index is 13.1. The van der Waals surface area contributed by atoms with Crippen molar-refractivity contribution in [2.45, 2.75) is 6.42 Å². The third-order valence-corrected chi connectivity index (χ3v) is 3.97. The predicted octanol–water partition coefficient (Wildman–Crippen LogP) is 3.45. The molecule has 5 nitrogen and oxygen atoms in total. The van der Waals surface area contributed by atoms with Gasteiger partial charge in [0.2, 0.25) is 0 Å². The molecule has 2 rings (SSSR count). The van der Waals surface area contributed by atoms with Crippen molar-refractivity contribution in [3.8, 4) is 0 Å². The number of non-ortho nitro benzene ring substituents is 1. The van der Waals surface area contributed by atoms with Gasteiger partial charge in [-0.1, -0.05) is 0 Å². The number of carbonyl (C=O) groups is 1. The fourth-order valence-electron chi connectivity index (χ4n) is 1.97. The number of nitrogens with zero attached hydrogens (tertiary/aromatic N) is 1. The maximum absolute atomic E-state index is 13.1. The van der Waals surface area contributed by atoms with Crippen LogP contribution in [0, 0.1) is 25.3 Å². The lowest BCUT2D eigenvalue weighted by molar-refractivity contribution is -0.384. The monoisotopic (exact) mass is 432 g/mol. The molecule has 0 spiro atoms. The highest BCUT2D eigenvalue weighted by Crippen LogP contribution is 2.19. The Bertz CT molecular complexity index is 748. The number of halogens is 3. The molecule has 2 aromatic carbocycles. The Balaban J connectivity index is 2.02. The molecule has 8 heteroatoms. The minimum absolute atomic E-state index is 0.153. The number of carbonyl (C=O) groups excluding carboxylic acids is 1. The number of benzene rings is 2. The third-order valence-electron chi connectivity index (χ3n) is 3.03. The van der Waals surface area contributed by atoms with Gasteiger partial charge < -0.3 is 5.32 Å². The number of rotatable bonds is 5. The molecule has 0 heterocycles. The van der Waals surface area contributed by atoms with Crippen molar-refractivity contribution in [3.63, 3.8) is 0 Å². The molecular weight excluding hydrogens is 421 g/mol. The fourth-order valence-corrected chi connectivity index (χ4v) is 2.55. The molecule has 0 bridgehead atoms. The second kappa shape index (κ2) is 7.44. The molecule has 23 heavy (non-hydrogen) atoms. The van der Waals surface area contributed by atoms with Crippen LogP contribution < -0.4 is 5.32 Å². The van der Waals surface area contributed by atoms with Gasteiger partial charge in [0, 0.05) is 28.3 Å². The van der Waals surface area contributed by atoms with Crippen molar-refractivity contribution in [2.75, 3.05) is 6.54 Å². The smallest absolute Gasteiger partial charge is 0.270 e. The summed E-state index contributed by atoms with van der Waals surface area (Å²) in [5, 5.41) is 13.3. The van der Waals surface area contributed by atoms with Gasteiger partial charge in [0.05, 0.1) is 10.5 Å². The first-order chi connectivity index (χ1) is 10.9. The van der Waals surface area contributed by atoms with Crippen molar-refractivity contribution in [1.29, 1.82) is 0 Å². The molecule has 120 valence electrons. The van der Waals surface area contributed by atoms with E-state index in [0.29, 0.717) is 9.13 Å². The van der Waals surface area contributed by atoms with Crippen molar-refractivity contribution in [2.24, 2.45) is 0 Å². The van der Waals surface area contributed by atoms with E-state index in [2.05, 4.69) is 5.32 Å². The lowest BCUT2D eigenvalue weighted by atomic mass is 10.1. The van der Waals surface area contributed by atoms with Crippen LogP contribution in [-0.2, 0) is 6.42 Å². The molecule has 0 saturated carbocycles. The molecule has 2 aromatic rings. The van der Waals surface area contributed by atoms with Crippen LogP contribution in [0.1, 0.15) is 15.9 Å². The van der Waals surface area contributed by atoms with E-state index in [1.807, 2.05) is 22.6 Å². The lowest BCUT2D eigenvalue weighted by Crippen LogP contribution is -2.26. The van der Waals surface area contributed by atoms with Gasteiger partial charge in [-0.3, -0.25) is 14.9 Å². The van der Waals surface area contributed by atoms with Crippen molar-refractivity contribution in [1.82, 2.24) is 5.32 Å². The summed E-state index contributed by atoms with van der Waals surface area (Å²) >= 11 is 1.91. The number of nitro groups is 1. The Labute approximate surface area is 144 Å². The van der Waals surface area contributed by atoms with Crippen LogP contribution in [0.25, 0.3) is 0 Å². The van der Waals surface area contributed by atoms with Crippen molar-refractivity contribution in [3.05, 3.63) is 72.8 Å². The van der Waals surface area contributed by atoms with Crippen LogP contribution in [0.3, 0.4) is 0 Å². The molecule has 1 amide bonds. The standard InChI is InChI=1S/C15H11F2IN2O3/c16-10-5-9(6-11(17)7-10)3-4-19-15(21)13-8-12(20(22)23)1-2-14(13)18/h1-2,5-8H,3-4H2,(H,19,21). The van der Waals surface area contributed by atoms with E-state index in [1.54, 1.807) is 0 Å². The number of nitrogens with one attached hydrogen (secondary N) is 1. The van der Waals surface area contributed by atoms with Gasteiger partial charge in [0.1, 0.15) is 11.6 Å². The molecular formula is C15H11F2IN2O3. The highest BCUT2D eigenvalue weighted by atomic mass is 127. The topological polar surface area (TPSA) is 72.2 Å². The average Bonchev–Trinajstić information content (AvgIpc) is 2.46. The molecule has 0 fully saturated rings. The molecule has 0 aromatic heterocycles. The largest absolute Gasteiger partial charge is 0.352 e. The lowest BCUT2D eigenvalue weighted by Gasteiger charge is -2.07. The highest BCUT2D eigenvalue weighted by Gasteiger charge is 2.15. The first-order valence-electron chi connectivity index (χ1n) is 6.54. The molecule has 0 radical (unpaired) electrons. The second-order valence-corrected chi connectivity index (χ2v) is 5.87. The van der Waals surface area contributed by atoms with Gasteiger partial charge in [0.15, 0.2) is 0 Å². The van der Waals surface area contributed by atoms with Crippen LogP contribution in [0.4, 0.5) is 14.5 Å². The molecule has 0 saturated heterocycles. The molecule has 0 unspecified atom stereocenters. The second-order valence-electron chi connectivity index (χ2n) is 4.70.